The van der Waals surface area contributed by atoms with Crippen molar-refractivity contribution in [1.29, 1.82) is 0 Å². The first-order chi connectivity index (χ1) is 38.0. The fourth-order valence-electron chi connectivity index (χ4n) is 10.2. The van der Waals surface area contributed by atoms with Gasteiger partial charge in [0.05, 0.1) is 0 Å². The van der Waals surface area contributed by atoms with Gasteiger partial charge in [-0.2, -0.15) is 0 Å². The molecule has 0 heterocycles. The van der Waals surface area contributed by atoms with E-state index in [0.29, 0.717) is 19.3 Å². The van der Waals surface area contributed by atoms with Crippen LogP contribution in [0.1, 0.15) is 367 Å². The van der Waals surface area contributed by atoms with Crippen molar-refractivity contribution in [2.24, 2.45) is 0 Å². The zero-order chi connectivity index (χ0) is 55.7. The SMILES string of the molecule is CC/C=C\C/C=C\C/C=C\CCCCCC(=O)OCC(COC(=O)CCCCCCCCCCCCCCCCCCCCCCCCCCCCCCCCC)OC(=O)CCCCCCC/C=C\CCCCCCCC. The number of hydrogen-bond donors (Lipinski definition) is 0. The molecule has 0 amide bonds. The number of unbranched alkanes of at least 4 members (excludes halogenated alkanes) is 44. The van der Waals surface area contributed by atoms with Crippen LogP contribution in [0.2, 0.25) is 0 Å². The number of esters is 3. The Hall–Kier alpha value is -2.63. The Bertz CT molecular complexity index is 1330. The predicted octanol–water partition coefficient (Wildman–Crippen LogP) is 23.3. The van der Waals surface area contributed by atoms with Crippen LogP contribution >= 0.6 is 0 Å². The van der Waals surface area contributed by atoms with E-state index in [9.17, 15) is 14.4 Å². The number of allylic oxidation sites excluding steroid dienone is 8. The van der Waals surface area contributed by atoms with E-state index >= 15 is 0 Å². The van der Waals surface area contributed by atoms with Gasteiger partial charge in [0.2, 0.25) is 0 Å². The third-order valence-corrected chi connectivity index (χ3v) is 15.3. The van der Waals surface area contributed by atoms with Gasteiger partial charge in [0, 0.05) is 19.3 Å². The van der Waals surface area contributed by atoms with Crippen molar-refractivity contribution in [3.8, 4) is 0 Å². The minimum atomic E-state index is -0.788. The van der Waals surface area contributed by atoms with Gasteiger partial charge in [0.1, 0.15) is 13.2 Å². The second kappa shape index (κ2) is 65.9. The van der Waals surface area contributed by atoms with Gasteiger partial charge in [-0.1, -0.05) is 320 Å². The topological polar surface area (TPSA) is 78.9 Å². The third-order valence-electron chi connectivity index (χ3n) is 15.3. The molecule has 0 saturated heterocycles. The van der Waals surface area contributed by atoms with E-state index in [1.54, 1.807) is 0 Å². The summed E-state index contributed by atoms with van der Waals surface area (Å²) in [4.78, 5) is 38.3. The minimum absolute atomic E-state index is 0.0825. The number of rotatable bonds is 63. The molecule has 0 aliphatic carbocycles. The third kappa shape index (κ3) is 64.1. The van der Waals surface area contributed by atoms with Crippen molar-refractivity contribution < 1.29 is 28.6 Å². The number of ether oxygens (including phenoxy) is 3. The van der Waals surface area contributed by atoms with Gasteiger partial charge >= 0.3 is 17.9 Å². The molecule has 0 aromatic carbocycles. The van der Waals surface area contributed by atoms with Crippen molar-refractivity contribution in [2.45, 2.75) is 374 Å². The zero-order valence-electron chi connectivity index (χ0n) is 51.7. The van der Waals surface area contributed by atoms with Gasteiger partial charge in [-0.15, -0.1) is 0 Å². The highest BCUT2D eigenvalue weighted by molar-refractivity contribution is 5.71. The van der Waals surface area contributed by atoms with Crippen molar-refractivity contribution >= 4 is 17.9 Å². The largest absolute Gasteiger partial charge is 0.462 e. The first-order valence-electron chi connectivity index (χ1n) is 34.1. The van der Waals surface area contributed by atoms with Crippen LogP contribution < -0.4 is 0 Å². The van der Waals surface area contributed by atoms with Crippen LogP contribution in [0.4, 0.5) is 0 Å². The highest BCUT2D eigenvalue weighted by Crippen LogP contribution is 2.18. The molecule has 0 N–H and O–H groups in total. The average molecular weight is 1080 g/mol. The molecule has 0 bridgehead atoms. The van der Waals surface area contributed by atoms with Gasteiger partial charge in [0.25, 0.3) is 0 Å². The first-order valence-corrected chi connectivity index (χ1v) is 34.1. The monoisotopic (exact) mass is 1080 g/mol. The summed E-state index contributed by atoms with van der Waals surface area (Å²) >= 11 is 0. The van der Waals surface area contributed by atoms with Gasteiger partial charge in [-0.05, 0) is 77.0 Å². The lowest BCUT2D eigenvalue weighted by Gasteiger charge is -2.18. The van der Waals surface area contributed by atoms with Gasteiger partial charge in [-0.3, -0.25) is 14.4 Å². The Morgan fingerprint density at radius 3 is 0.818 bits per heavy atom. The van der Waals surface area contributed by atoms with E-state index in [0.717, 1.165) is 96.3 Å². The molecular weight excluding hydrogens is 949 g/mol. The molecule has 77 heavy (non-hydrogen) atoms. The molecule has 0 fully saturated rings. The Morgan fingerprint density at radius 1 is 0.273 bits per heavy atom. The molecule has 0 aromatic heterocycles. The van der Waals surface area contributed by atoms with Crippen LogP contribution in [0.5, 0.6) is 0 Å². The lowest BCUT2D eigenvalue weighted by atomic mass is 10.0. The smallest absolute Gasteiger partial charge is 0.306 e. The van der Waals surface area contributed by atoms with Crippen LogP contribution in [0.25, 0.3) is 0 Å². The normalized spacial score (nSPS) is 12.3. The highest BCUT2D eigenvalue weighted by Gasteiger charge is 2.19. The second-order valence-electron chi connectivity index (χ2n) is 23.1. The number of carbonyl (C=O) groups is 3. The first kappa shape index (κ1) is 74.4. The Balaban J connectivity index is 4.12. The van der Waals surface area contributed by atoms with Crippen LogP contribution in [-0.4, -0.2) is 37.2 Å². The molecule has 0 aromatic rings. The molecule has 0 saturated carbocycles. The molecule has 0 rings (SSSR count). The standard InChI is InChI=1S/C71H130O6/c1-4-7-10-13-16-19-22-25-27-28-29-30-31-32-33-34-35-36-37-38-39-40-41-42-44-46-49-52-55-58-61-64-70(73)76-67-68(66-75-69(72)63-60-57-54-51-48-45-24-21-18-15-12-9-6-3)77-71(74)65-62-59-56-53-50-47-43-26-23-20-17-14-11-8-5-2/h9,12,18,21,26,43,45,48,68H,4-8,10-11,13-17,19-20,22-25,27-42,44,46-47,49-67H2,1-3H3/b12-9-,21-18-,43-26-,48-45-. The molecule has 0 spiro atoms. The summed E-state index contributed by atoms with van der Waals surface area (Å²) in [6.45, 7) is 6.54. The van der Waals surface area contributed by atoms with Crippen molar-refractivity contribution in [3.05, 3.63) is 48.6 Å². The molecule has 0 aliphatic rings. The van der Waals surface area contributed by atoms with Crippen LogP contribution in [-0.2, 0) is 28.6 Å². The summed E-state index contributed by atoms with van der Waals surface area (Å²) in [5.74, 6) is -0.902. The van der Waals surface area contributed by atoms with E-state index in [1.165, 1.54) is 231 Å². The summed E-state index contributed by atoms with van der Waals surface area (Å²) < 4.78 is 16.9. The van der Waals surface area contributed by atoms with Crippen molar-refractivity contribution in [1.82, 2.24) is 0 Å². The van der Waals surface area contributed by atoms with Crippen LogP contribution in [0, 0.1) is 0 Å². The highest BCUT2D eigenvalue weighted by atomic mass is 16.6. The molecule has 1 unspecified atom stereocenters. The molecule has 0 aliphatic heterocycles. The summed E-state index contributed by atoms with van der Waals surface area (Å²) in [7, 11) is 0. The summed E-state index contributed by atoms with van der Waals surface area (Å²) in [6, 6.07) is 0. The predicted molar refractivity (Wildman–Crippen MR) is 335 cm³/mol. The fourth-order valence-corrected chi connectivity index (χ4v) is 10.2. The van der Waals surface area contributed by atoms with Crippen LogP contribution in [0.3, 0.4) is 0 Å². The Kier molecular flexibility index (Phi) is 63.6. The summed E-state index contributed by atoms with van der Waals surface area (Å²) in [6.07, 6.45) is 83.0. The van der Waals surface area contributed by atoms with E-state index in [2.05, 4.69) is 69.4 Å². The molecular formula is C71H130O6. The molecule has 1 atom stereocenters. The average Bonchev–Trinajstić information content (AvgIpc) is 3.43. The number of carbonyl (C=O) groups excluding carboxylic acids is 3. The lowest BCUT2D eigenvalue weighted by Crippen LogP contribution is -2.30. The van der Waals surface area contributed by atoms with Crippen molar-refractivity contribution in [3.63, 3.8) is 0 Å². The van der Waals surface area contributed by atoms with E-state index in [4.69, 9.17) is 14.2 Å². The molecule has 6 nitrogen and oxygen atoms in total. The lowest BCUT2D eigenvalue weighted by molar-refractivity contribution is -0.167. The molecule has 6 heteroatoms. The zero-order valence-corrected chi connectivity index (χ0v) is 51.7. The Labute approximate surface area is 479 Å². The van der Waals surface area contributed by atoms with Gasteiger partial charge in [-0.25, -0.2) is 0 Å². The summed E-state index contributed by atoms with van der Waals surface area (Å²) in [5, 5.41) is 0. The number of hydrogen-bond acceptors (Lipinski definition) is 6. The van der Waals surface area contributed by atoms with Crippen molar-refractivity contribution in [2.75, 3.05) is 13.2 Å². The maximum atomic E-state index is 12.9. The van der Waals surface area contributed by atoms with E-state index in [1.807, 2.05) is 0 Å². The maximum absolute atomic E-state index is 12.9. The van der Waals surface area contributed by atoms with Gasteiger partial charge < -0.3 is 14.2 Å². The molecule has 0 radical (unpaired) electrons. The fraction of sp³-hybridized carbons (Fsp3) is 0.845. The van der Waals surface area contributed by atoms with E-state index in [-0.39, 0.29) is 31.1 Å². The minimum Gasteiger partial charge on any atom is -0.462 e. The van der Waals surface area contributed by atoms with Gasteiger partial charge in [0.15, 0.2) is 6.10 Å². The Morgan fingerprint density at radius 2 is 0.506 bits per heavy atom. The maximum Gasteiger partial charge on any atom is 0.306 e. The summed E-state index contributed by atoms with van der Waals surface area (Å²) in [5.41, 5.74) is 0. The second-order valence-corrected chi connectivity index (χ2v) is 23.1. The van der Waals surface area contributed by atoms with Crippen LogP contribution in [0.15, 0.2) is 48.6 Å². The quantitative estimate of drug-likeness (QED) is 0.0261. The molecule has 450 valence electrons. The van der Waals surface area contributed by atoms with E-state index < -0.39 is 6.10 Å².